The second kappa shape index (κ2) is 7.85. The van der Waals surface area contributed by atoms with Crippen LogP contribution in [-0.4, -0.2) is 49.1 Å². The third-order valence-electron chi connectivity index (χ3n) is 4.15. The van der Waals surface area contributed by atoms with E-state index >= 15 is 0 Å². The summed E-state index contributed by atoms with van der Waals surface area (Å²) in [6, 6.07) is 10.4. The fourth-order valence-electron chi connectivity index (χ4n) is 2.85. The van der Waals surface area contributed by atoms with E-state index in [2.05, 4.69) is 27.8 Å². The molecule has 0 aliphatic carbocycles. The Kier molecular flexibility index (Phi) is 5.58. The summed E-state index contributed by atoms with van der Waals surface area (Å²) < 4.78 is 0. The lowest BCUT2D eigenvalue weighted by Gasteiger charge is -2.22. The van der Waals surface area contributed by atoms with Gasteiger partial charge in [0.2, 0.25) is 5.91 Å². The van der Waals surface area contributed by atoms with Gasteiger partial charge >= 0.3 is 0 Å². The van der Waals surface area contributed by atoms with Gasteiger partial charge in [-0.05, 0) is 17.7 Å². The Morgan fingerprint density at radius 1 is 1.42 bits per heavy atom. The number of aromatic nitrogens is 1. The van der Waals surface area contributed by atoms with Crippen LogP contribution >= 0.6 is 11.8 Å². The number of hydrogen-bond donors (Lipinski definition) is 2. The summed E-state index contributed by atoms with van der Waals surface area (Å²) in [5, 5.41) is 7.57. The second-order valence-electron chi connectivity index (χ2n) is 6.26. The summed E-state index contributed by atoms with van der Waals surface area (Å²) in [5.41, 5.74) is 2.06. The minimum atomic E-state index is 0.0993. The van der Waals surface area contributed by atoms with Gasteiger partial charge in [0.15, 0.2) is 0 Å². The van der Waals surface area contributed by atoms with Gasteiger partial charge in [-0.1, -0.05) is 18.2 Å². The molecule has 2 aromatic rings. The van der Waals surface area contributed by atoms with Gasteiger partial charge in [0.25, 0.3) is 0 Å². The van der Waals surface area contributed by atoms with Crippen LogP contribution in [0.1, 0.15) is 12.0 Å². The summed E-state index contributed by atoms with van der Waals surface area (Å²) in [6.07, 6.45) is 0.538. The lowest BCUT2D eigenvalue weighted by molar-refractivity contribution is -0.121. The molecule has 1 amide bonds. The van der Waals surface area contributed by atoms with Gasteiger partial charge in [0.1, 0.15) is 5.82 Å². The lowest BCUT2D eigenvalue weighted by Crippen LogP contribution is -2.41. The highest BCUT2D eigenvalue weighted by molar-refractivity contribution is 7.99. The third-order valence-corrected chi connectivity index (χ3v) is 5.28. The highest BCUT2D eigenvalue weighted by Crippen LogP contribution is 2.22. The fourth-order valence-corrected chi connectivity index (χ4v) is 3.80. The Morgan fingerprint density at radius 3 is 3.00 bits per heavy atom. The predicted octanol–water partition coefficient (Wildman–Crippen LogP) is 2.01. The summed E-state index contributed by atoms with van der Waals surface area (Å²) in [6.45, 7) is 1.52. The van der Waals surface area contributed by atoms with Gasteiger partial charge in [-0.2, -0.15) is 11.8 Å². The number of nitrogens with one attached hydrogen (secondary N) is 2. The van der Waals surface area contributed by atoms with Crippen molar-refractivity contribution in [2.45, 2.75) is 19.0 Å². The second-order valence-corrected chi connectivity index (χ2v) is 7.41. The highest BCUT2D eigenvalue weighted by atomic mass is 32.2. The van der Waals surface area contributed by atoms with Crippen molar-refractivity contribution in [2.75, 3.05) is 37.0 Å². The molecule has 0 spiro atoms. The zero-order chi connectivity index (χ0) is 16.9. The summed E-state index contributed by atoms with van der Waals surface area (Å²) in [5.74, 6) is 3.15. The summed E-state index contributed by atoms with van der Waals surface area (Å²) in [4.78, 5) is 18.9. The topological polar surface area (TPSA) is 57.3 Å². The molecule has 1 unspecified atom stereocenters. The fraction of sp³-hybridized carbons (Fsp3) is 0.444. The molecule has 24 heavy (non-hydrogen) atoms. The van der Waals surface area contributed by atoms with Crippen molar-refractivity contribution in [1.82, 2.24) is 15.6 Å². The quantitative estimate of drug-likeness (QED) is 0.869. The van der Waals surface area contributed by atoms with E-state index in [1.165, 1.54) is 0 Å². The molecular formula is C18H24N4OS. The van der Waals surface area contributed by atoms with Crippen LogP contribution in [-0.2, 0) is 11.3 Å². The van der Waals surface area contributed by atoms with Crippen LogP contribution in [0.2, 0.25) is 0 Å². The first-order valence-corrected chi connectivity index (χ1v) is 9.43. The molecule has 1 aromatic carbocycles. The molecule has 128 valence electrons. The van der Waals surface area contributed by atoms with E-state index in [9.17, 15) is 4.79 Å². The smallest absolute Gasteiger partial charge is 0.221 e. The molecule has 1 aromatic heterocycles. The molecule has 0 saturated carbocycles. The molecule has 1 saturated heterocycles. The number of carbonyl (C=O) groups is 1. The number of hydrogen-bond acceptors (Lipinski definition) is 5. The van der Waals surface area contributed by atoms with Crippen LogP contribution in [0.25, 0.3) is 10.9 Å². The molecule has 1 aliphatic rings. The SMILES string of the molecule is CN(C)c1cc(CNC(=O)CC2CSCCN2)c2ccccc2n1. The Labute approximate surface area is 147 Å². The Hall–Kier alpha value is -1.79. The van der Waals surface area contributed by atoms with Crippen molar-refractivity contribution in [3.05, 3.63) is 35.9 Å². The highest BCUT2D eigenvalue weighted by Gasteiger charge is 2.17. The van der Waals surface area contributed by atoms with E-state index in [1.54, 1.807) is 0 Å². The van der Waals surface area contributed by atoms with Crippen LogP contribution in [0.3, 0.4) is 0 Å². The number of pyridine rings is 1. The molecule has 0 radical (unpaired) electrons. The number of rotatable bonds is 5. The number of carbonyl (C=O) groups excluding carboxylic acids is 1. The Bertz CT molecular complexity index is 713. The molecule has 3 rings (SSSR count). The lowest BCUT2D eigenvalue weighted by atomic mass is 10.1. The minimum Gasteiger partial charge on any atom is -0.363 e. The number of para-hydroxylation sites is 1. The maximum absolute atomic E-state index is 12.3. The molecule has 5 nitrogen and oxygen atoms in total. The average molecular weight is 344 g/mol. The first-order valence-electron chi connectivity index (χ1n) is 8.27. The molecule has 2 N–H and O–H groups in total. The van der Waals surface area contributed by atoms with Gasteiger partial charge in [0, 0.05) is 56.5 Å². The summed E-state index contributed by atoms with van der Waals surface area (Å²) in [7, 11) is 3.96. The van der Waals surface area contributed by atoms with Gasteiger partial charge < -0.3 is 15.5 Å². The molecule has 2 heterocycles. The summed E-state index contributed by atoms with van der Waals surface area (Å²) >= 11 is 1.91. The number of fused-ring (bicyclic) bond motifs is 1. The van der Waals surface area contributed by atoms with E-state index in [1.807, 2.05) is 49.0 Å². The molecule has 1 fully saturated rings. The monoisotopic (exact) mass is 344 g/mol. The normalized spacial score (nSPS) is 17.7. The number of amides is 1. The van der Waals surface area contributed by atoms with Gasteiger partial charge in [-0.15, -0.1) is 0 Å². The average Bonchev–Trinajstić information content (AvgIpc) is 2.60. The van der Waals surface area contributed by atoms with Crippen molar-refractivity contribution in [1.29, 1.82) is 0 Å². The van der Waals surface area contributed by atoms with E-state index < -0.39 is 0 Å². The number of anilines is 1. The predicted molar refractivity (Wildman–Crippen MR) is 102 cm³/mol. The Morgan fingerprint density at radius 2 is 2.25 bits per heavy atom. The van der Waals surface area contributed by atoms with Crippen LogP contribution in [0, 0.1) is 0 Å². The third kappa shape index (κ3) is 4.19. The first kappa shape index (κ1) is 17.0. The van der Waals surface area contributed by atoms with Crippen molar-refractivity contribution in [2.24, 2.45) is 0 Å². The molecule has 6 heteroatoms. The van der Waals surface area contributed by atoms with Crippen molar-refractivity contribution < 1.29 is 4.79 Å². The van der Waals surface area contributed by atoms with Gasteiger partial charge in [-0.3, -0.25) is 4.79 Å². The molecule has 1 atom stereocenters. The first-order chi connectivity index (χ1) is 11.6. The van der Waals surface area contributed by atoms with E-state index in [-0.39, 0.29) is 11.9 Å². The van der Waals surface area contributed by atoms with Crippen LogP contribution in [0.15, 0.2) is 30.3 Å². The standard InChI is InChI=1S/C18H24N4OS/c1-22(2)17-9-13(15-5-3-4-6-16(15)21-17)11-20-18(23)10-14-12-24-8-7-19-14/h3-6,9,14,19H,7-8,10-12H2,1-2H3,(H,20,23). The van der Waals surface area contributed by atoms with Crippen LogP contribution < -0.4 is 15.5 Å². The van der Waals surface area contributed by atoms with Crippen molar-refractivity contribution in [3.63, 3.8) is 0 Å². The largest absolute Gasteiger partial charge is 0.363 e. The zero-order valence-corrected chi connectivity index (χ0v) is 15.0. The number of nitrogens with zero attached hydrogens (tertiary/aromatic N) is 2. The van der Waals surface area contributed by atoms with Crippen molar-refractivity contribution >= 4 is 34.4 Å². The van der Waals surface area contributed by atoms with Gasteiger partial charge in [0.05, 0.1) is 5.52 Å². The number of benzene rings is 1. The van der Waals surface area contributed by atoms with Crippen molar-refractivity contribution in [3.8, 4) is 0 Å². The molecular weight excluding hydrogens is 320 g/mol. The number of thioether (sulfide) groups is 1. The van der Waals surface area contributed by atoms with E-state index in [0.717, 1.165) is 40.3 Å². The maximum atomic E-state index is 12.3. The molecule has 0 bridgehead atoms. The zero-order valence-electron chi connectivity index (χ0n) is 14.2. The van der Waals surface area contributed by atoms with Crippen LogP contribution in [0.5, 0.6) is 0 Å². The molecule has 1 aliphatic heterocycles. The Balaban J connectivity index is 1.70. The van der Waals surface area contributed by atoms with E-state index in [4.69, 9.17) is 0 Å². The van der Waals surface area contributed by atoms with Crippen LogP contribution in [0.4, 0.5) is 5.82 Å². The minimum absolute atomic E-state index is 0.0993. The van der Waals surface area contributed by atoms with Gasteiger partial charge in [-0.25, -0.2) is 4.98 Å². The maximum Gasteiger partial charge on any atom is 0.221 e. The van der Waals surface area contributed by atoms with E-state index in [0.29, 0.717) is 13.0 Å².